The average molecular weight is 500 g/mol. The first-order valence-corrected chi connectivity index (χ1v) is 12.4. The van der Waals surface area contributed by atoms with E-state index >= 15 is 0 Å². The molecule has 4 rings (SSSR count). The molecule has 176 valence electrons. The van der Waals surface area contributed by atoms with Crippen molar-refractivity contribution in [1.82, 2.24) is 0 Å². The Morgan fingerprint density at radius 3 is 2.50 bits per heavy atom. The molecule has 7 nitrogen and oxygen atoms in total. The summed E-state index contributed by atoms with van der Waals surface area (Å²) in [6, 6.07) is 17.6. The predicted octanol–water partition coefficient (Wildman–Crippen LogP) is 4.53. The first-order chi connectivity index (χ1) is 16.3. The maximum Gasteiger partial charge on any atom is 0.340 e. The van der Waals surface area contributed by atoms with E-state index in [1.54, 1.807) is 36.4 Å². The van der Waals surface area contributed by atoms with Crippen LogP contribution in [0.25, 0.3) is 0 Å². The number of para-hydroxylation sites is 1. The van der Waals surface area contributed by atoms with E-state index in [0.29, 0.717) is 30.0 Å². The van der Waals surface area contributed by atoms with Gasteiger partial charge in [-0.1, -0.05) is 29.8 Å². The second-order valence-electron chi connectivity index (χ2n) is 7.68. The van der Waals surface area contributed by atoms with E-state index < -0.39 is 28.4 Å². The number of nitrogens with zero attached hydrogens (tertiary/aromatic N) is 1. The van der Waals surface area contributed by atoms with Gasteiger partial charge < -0.3 is 9.47 Å². The van der Waals surface area contributed by atoms with Crippen molar-refractivity contribution in [2.24, 2.45) is 0 Å². The lowest BCUT2D eigenvalue weighted by Crippen LogP contribution is -2.35. The van der Waals surface area contributed by atoms with Gasteiger partial charge in [0, 0.05) is 12.1 Å². The smallest absolute Gasteiger partial charge is 0.340 e. The molecule has 0 saturated carbocycles. The molecule has 0 N–H and O–H groups in total. The number of sulfonamides is 1. The highest BCUT2D eigenvalue weighted by atomic mass is 35.5. The van der Waals surface area contributed by atoms with Crippen molar-refractivity contribution in [3.8, 4) is 5.75 Å². The molecule has 0 saturated heterocycles. The predicted molar refractivity (Wildman–Crippen MR) is 128 cm³/mol. The summed E-state index contributed by atoms with van der Waals surface area (Å²) < 4.78 is 38.4. The van der Waals surface area contributed by atoms with Gasteiger partial charge in [-0.3, -0.25) is 9.10 Å². The summed E-state index contributed by atoms with van der Waals surface area (Å²) in [7, 11) is -2.43. The van der Waals surface area contributed by atoms with Gasteiger partial charge in [-0.15, -0.1) is 0 Å². The lowest BCUT2D eigenvalue weighted by molar-refractivity contribution is 0.0474. The van der Waals surface area contributed by atoms with Crippen molar-refractivity contribution in [2.75, 3.05) is 24.6 Å². The number of rotatable bonds is 7. The van der Waals surface area contributed by atoms with E-state index in [1.807, 2.05) is 12.1 Å². The standard InChI is InChI=1S/C25H22ClNO6S/c1-32-19-10-8-18(9-11-19)24(28)16-33-25(29)21-15-20(12-13-22(21)26)34(30,31)27-14-4-6-17-5-2-3-7-23(17)27/h2-3,5,7-13,15H,4,6,14,16H2,1H3. The zero-order chi connectivity index (χ0) is 24.3. The van der Waals surface area contributed by atoms with Gasteiger partial charge in [0.05, 0.1) is 28.3 Å². The van der Waals surface area contributed by atoms with Gasteiger partial charge in [-0.25, -0.2) is 13.2 Å². The van der Waals surface area contributed by atoms with Crippen molar-refractivity contribution < 1.29 is 27.5 Å². The number of fused-ring (bicyclic) bond motifs is 1. The molecule has 1 aliphatic rings. The van der Waals surface area contributed by atoms with Crippen LogP contribution in [0.3, 0.4) is 0 Å². The van der Waals surface area contributed by atoms with Crippen LogP contribution in [-0.2, 0) is 21.2 Å². The zero-order valence-electron chi connectivity index (χ0n) is 18.4. The van der Waals surface area contributed by atoms with Gasteiger partial charge in [-0.2, -0.15) is 0 Å². The monoisotopic (exact) mass is 499 g/mol. The van der Waals surface area contributed by atoms with Gasteiger partial charge in [0.25, 0.3) is 10.0 Å². The number of hydrogen-bond acceptors (Lipinski definition) is 6. The van der Waals surface area contributed by atoms with Crippen molar-refractivity contribution in [2.45, 2.75) is 17.7 Å². The number of anilines is 1. The zero-order valence-corrected chi connectivity index (χ0v) is 19.9. The normalized spacial score (nSPS) is 13.2. The van der Waals surface area contributed by atoms with Crippen molar-refractivity contribution in [1.29, 1.82) is 0 Å². The summed E-state index contributed by atoms with van der Waals surface area (Å²) in [6.45, 7) is -0.184. The molecule has 0 aliphatic carbocycles. The number of carbonyl (C=O) groups is 2. The van der Waals surface area contributed by atoms with Crippen LogP contribution in [0.5, 0.6) is 5.75 Å². The van der Waals surface area contributed by atoms with E-state index in [4.69, 9.17) is 21.1 Å². The fraction of sp³-hybridized carbons (Fsp3) is 0.200. The van der Waals surface area contributed by atoms with E-state index in [2.05, 4.69) is 0 Å². The molecule has 3 aromatic carbocycles. The summed E-state index contributed by atoms with van der Waals surface area (Å²) >= 11 is 6.17. The number of methoxy groups -OCH3 is 1. The molecule has 0 aromatic heterocycles. The number of carbonyl (C=O) groups excluding carboxylic acids is 2. The molecule has 1 heterocycles. The second kappa shape index (κ2) is 9.87. The van der Waals surface area contributed by atoms with Gasteiger partial charge in [0.15, 0.2) is 12.4 Å². The first kappa shape index (κ1) is 23.8. The minimum atomic E-state index is -3.94. The Morgan fingerprint density at radius 2 is 1.76 bits per heavy atom. The number of halogens is 1. The summed E-state index contributed by atoms with van der Waals surface area (Å²) in [5.41, 5.74) is 1.79. The summed E-state index contributed by atoms with van der Waals surface area (Å²) in [5, 5.41) is 0.0277. The number of hydrogen-bond donors (Lipinski definition) is 0. The average Bonchev–Trinajstić information content (AvgIpc) is 2.86. The molecule has 1 aliphatic heterocycles. The number of benzene rings is 3. The van der Waals surface area contributed by atoms with Gasteiger partial charge in [0.1, 0.15) is 5.75 Å². The highest BCUT2D eigenvalue weighted by Crippen LogP contribution is 2.33. The first-order valence-electron chi connectivity index (χ1n) is 10.6. The highest BCUT2D eigenvalue weighted by Gasteiger charge is 2.30. The molecule has 0 spiro atoms. The summed E-state index contributed by atoms with van der Waals surface area (Å²) in [5.74, 6) is -0.710. The van der Waals surface area contributed by atoms with Gasteiger partial charge >= 0.3 is 5.97 Å². The molecule has 0 bridgehead atoms. The molecule has 3 aromatic rings. The molecule has 0 fully saturated rings. The van der Waals surface area contributed by atoms with Crippen LogP contribution in [0.1, 0.15) is 32.7 Å². The summed E-state index contributed by atoms with van der Waals surface area (Å²) in [4.78, 5) is 24.9. The number of ketones is 1. The number of esters is 1. The maximum atomic E-state index is 13.4. The molecule has 9 heteroatoms. The SMILES string of the molecule is COc1ccc(C(=O)COC(=O)c2cc(S(=O)(=O)N3CCCc4ccccc43)ccc2Cl)cc1. The van der Waals surface area contributed by atoms with E-state index in [0.717, 1.165) is 12.0 Å². The largest absolute Gasteiger partial charge is 0.497 e. The van der Waals surface area contributed by atoms with E-state index in [9.17, 15) is 18.0 Å². The third-order valence-electron chi connectivity index (χ3n) is 5.56. The Morgan fingerprint density at radius 1 is 1.03 bits per heavy atom. The maximum absolute atomic E-state index is 13.4. The molecular formula is C25H22ClNO6S. The van der Waals surface area contributed by atoms with Gasteiger partial charge in [0.2, 0.25) is 0 Å². The molecular weight excluding hydrogens is 478 g/mol. The van der Waals surface area contributed by atoms with Crippen molar-refractivity contribution in [3.05, 3.63) is 88.4 Å². The topological polar surface area (TPSA) is 90.0 Å². The minimum absolute atomic E-state index is 0.0277. The minimum Gasteiger partial charge on any atom is -0.497 e. The number of aryl methyl sites for hydroxylation is 1. The molecule has 0 radical (unpaired) electrons. The third-order valence-corrected chi connectivity index (χ3v) is 7.70. The molecule has 0 amide bonds. The fourth-order valence-corrected chi connectivity index (χ4v) is 5.53. The van der Waals surface area contributed by atoms with Crippen LogP contribution < -0.4 is 9.04 Å². The number of ether oxygens (including phenoxy) is 2. The van der Waals surface area contributed by atoms with Crippen molar-refractivity contribution >= 4 is 39.1 Å². The molecule has 0 unspecified atom stereocenters. The Labute approximate surface area is 202 Å². The van der Waals surface area contributed by atoms with Gasteiger partial charge in [-0.05, 0) is 66.9 Å². The Kier molecular flexibility index (Phi) is 6.90. The Balaban J connectivity index is 1.53. The van der Waals surface area contributed by atoms with Crippen LogP contribution in [0.4, 0.5) is 5.69 Å². The quantitative estimate of drug-likeness (QED) is 0.350. The van der Waals surface area contributed by atoms with Crippen LogP contribution in [0, 0.1) is 0 Å². The second-order valence-corrected chi connectivity index (χ2v) is 9.95. The summed E-state index contributed by atoms with van der Waals surface area (Å²) in [6.07, 6.45) is 1.48. The van der Waals surface area contributed by atoms with E-state index in [-0.39, 0.29) is 15.5 Å². The van der Waals surface area contributed by atoms with Crippen LogP contribution in [0.15, 0.2) is 71.6 Å². The fourth-order valence-electron chi connectivity index (χ4n) is 3.77. The number of Topliss-reactive ketones (excluding diaryl/α,β-unsaturated/α-hetero) is 1. The lowest BCUT2D eigenvalue weighted by atomic mass is 10.0. The van der Waals surface area contributed by atoms with Crippen LogP contribution >= 0.6 is 11.6 Å². The Hall–Kier alpha value is -3.36. The lowest BCUT2D eigenvalue weighted by Gasteiger charge is -2.30. The molecule has 0 atom stereocenters. The Bertz CT molecular complexity index is 1340. The van der Waals surface area contributed by atoms with Crippen LogP contribution in [-0.4, -0.2) is 40.4 Å². The highest BCUT2D eigenvalue weighted by molar-refractivity contribution is 7.92. The van der Waals surface area contributed by atoms with E-state index in [1.165, 1.54) is 29.6 Å². The van der Waals surface area contributed by atoms with Crippen molar-refractivity contribution in [3.63, 3.8) is 0 Å². The third kappa shape index (κ3) is 4.78. The molecule has 34 heavy (non-hydrogen) atoms. The van der Waals surface area contributed by atoms with Crippen LogP contribution in [0.2, 0.25) is 5.02 Å².